The fourth-order valence-electron chi connectivity index (χ4n) is 3.36. The zero-order chi connectivity index (χ0) is 17.4. The van der Waals surface area contributed by atoms with Gasteiger partial charge in [0, 0.05) is 0 Å². The van der Waals surface area contributed by atoms with Gasteiger partial charge in [-0.05, 0) is 55.2 Å². The minimum atomic E-state index is -0.412. The molecular formula is C21H31O3. The maximum Gasteiger partial charge on any atom is 0.373 e. The second-order valence-electron chi connectivity index (χ2n) is 7.10. The third kappa shape index (κ3) is 5.62. The van der Waals surface area contributed by atoms with Crippen LogP contribution < -0.4 is 0 Å². The van der Waals surface area contributed by atoms with Gasteiger partial charge in [-0.3, -0.25) is 4.89 Å². The molecule has 133 valence electrons. The summed E-state index contributed by atoms with van der Waals surface area (Å²) in [6, 6.07) is 7.70. The largest absolute Gasteiger partial charge is 0.373 e. The van der Waals surface area contributed by atoms with Gasteiger partial charge < -0.3 is 0 Å². The second kappa shape index (κ2) is 9.83. The monoisotopic (exact) mass is 331 g/mol. The Balaban J connectivity index is 1.79. The number of carbonyl (C=O) groups is 1. The topological polar surface area (TPSA) is 35.5 Å². The minimum absolute atomic E-state index is 0.354. The van der Waals surface area contributed by atoms with Crippen molar-refractivity contribution in [1.29, 1.82) is 0 Å². The lowest BCUT2D eigenvalue weighted by molar-refractivity contribution is -0.253. The van der Waals surface area contributed by atoms with E-state index in [0.717, 1.165) is 25.4 Å². The molecule has 2 atom stereocenters. The molecule has 24 heavy (non-hydrogen) atoms. The fourth-order valence-corrected chi connectivity index (χ4v) is 3.36. The van der Waals surface area contributed by atoms with Gasteiger partial charge in [0.2, 0.25) is 0 Å². The first kappa shape index (κ1) is 19.0. The van der Waals surface area contributed by atoms with Crippen LogP contribution in [0.2, 0.25) is 0 Å². The summed E-state index contributed by atoms with van der Waals surface area (Å²) in [4.78, 5) is 22.6. The van der Waals surface area contributed by atoms with Crippen molar-refractivity contribution in [2.45, 2.75) is 72.1 Å². The molecule has 1 saturated carbocycles. The summed E-state index contributed by atoms with van der Waals surface area (Å²) >= 11 is 0. The molecule has 0 spiro atoms. The molecule has 1 fully saturated rings. The third-order valence-corrected chi connectivity index (χ3v) is 4.97. The Bertz CT molecular complexity index is 484. The van der Waals surface area contributed by atoms with E-state index >= 15 is 0 Å². The Morgan fingerprint density at radius 3 is 2.33 bits per heavy atom. The van der Waals surface area contributed by atoms with Gasteiger partial charge in [-0.25, -0.2) is 4.79 Å². The van der Waals surface area contributed by atoms with Gasteiger partial charge in [0.15, 0.2) is 6.10 Å². The Kier molecular flexibility index (Phi) is 7.77. The first-order chi connectivity index (χ1) is 11.6. The Hall–Kier alpha value is -1.35. The first-order valence-electron chi connectivity index (χ1n) is 9.46. The zero-order valence-corrected chi connectivity index (χ0v) is 15.3. The molecule has 2 unspecified atom stereocenters. The van der Waals surface area contributed by atoms with Gasteiger partial charge in [0.25, 0.3) is 0 Å². The number of hydrogen-bond acceptors (Lipinski definition) is 3. The van der Waals surface area contributed by atoms with Crippen molar-refractivity contribution in [2.75, 3.05) is 0 Å². The number of benzene rings is 1. The fraction of sp³-hybridized carbons (Fsp3) is 0.619. The highest BCUT2D eigenvalue weighted by molar-refractivity contribution is 5.88. The Morgan fingerprint density at radius 1 is 1.04 bits per heavy atom. The van der Waals surface area contributed by atoms with Crippen LogP contribution >= 0.6 is 0 Å². The van der Waals surface area contributed by atoms with Crippen LogP contribution in [0.4, 0.5) is 0 Å². The van der Waals surface area contributed by atoms with E-state index in [0.29, 0.717) is 17.4 Å². The SMILES string of the molecule is CCCCCCc1ccc(C(=O)OO[C]2C(C)CCCC2C)cc1. The molecule has 2 rings (SSSR count). The maximum absolute atomic E-state index is 12.2. The van der Waals surface area contributed by atoms with Gasteiger partial charge in [0.1, 0.15) is 0 Å². The molecule has 0 N–H and O–H groups in total. The number of carbonyl (C=O) groups excluding carboxylic acids is 1. The van der Waals surface area contributed by atoms with E-state index in [1.54, 1.807) is 0 Å². The van der Waals surface area contributed by atoms with Crippen molar-refractivity contribution in [3.8, 4) is 0 Å². The van der Waals surface area contributed by atoms with Crippen molar-refractivity contribution in [1.82, 2.24) is 0 Å². The third-order valence-electron chi connectivity index (χ3n) is 4.97. The highest BCUT2D eigenvalue weighted by Crippen LogP contribution is 2.37. The Morgan fingerprint density at radius 2 is 1.71 bits per heavy atom. The second-order valence-corrected chi connectivity index (χ2v) is 7.10. The van der Waals surface area contributed by atoms with E-state index in [2.05, 4.69) is 20.8 Å². The zero-order valence-electron chi connectivity index (χ0n) is 15.3. The van der Waals surface area contributed by atoms with Gasteiger partial charge in [-0.2, -0.15) is 4.89 Å². The van der Waals surface area contributed by atoms with Crippen LogP contribution in [0, 0.1) is 17.9 Å². The highest BCUT2D eigenvalue weighted by Gasteiger charge is 2.32. The van der Waals surface area contributed by atoms with Gasteiger partial charge in [-0.15, -0.1) is 0 Å². The van der Waals surface area contributed by atoms with E-state index in [-0.39, 0.29) is 0 Å². The van der Waals surface area contributed by atoms with Crippen molar-refractivity contribution in [3.63, 3.8) is 0 Å². The molecule has 1 radical (unpaired) electrons. The molecule has 0 aromatic heterocycles. The highest BCUT2D eigenvalue weighted by atomic mass is 17.2. The normalized spacial score (nSPS) is 21.6. The molecule has 0 bridgehead atoms. The molecule has 0 aliphatic heterocycles. The van der Waals surface area contributed by atoms with E-state index in [4.69, 9.17) is 9.78 Å². The van der Waals surface area contributed by atoms with Crippen LogP contribution in [0.3, 0.4) is 0 Å². The lowest BCUT2D eigenvalue weighted by Crippen LogP contribution is -2.26. The molecule has 1 aromatic rings. The summed E-state index contributed by atoms with van der Waals surface area (Å²) in [6.07, 6.45) is 10.4. The maximum atomic E-state index is 12.2. The first-order valence-corrected chi connectivity index (χ1v) is 9.46. The van der Waals surface area contributed by atoms with Crippen LogP contribution in [-0.2, 0) is 16.2 Å². The lowest BCUT2D eigenvalue weighted by Gasteiger charge is -2.31. The van der Waals surface area contributed by atoms with Crippen LogP contribution in [0.1, 0.15) is 81.6 Å². The molecule has 0 saturated heterocycles. The Labute approximate surface area is 146 Å². The standard InChI is InChI=1S/C21H31O3/c1-4-5-6-7-11-18-12-14-19(15-13-18)21(22)24-23-20-16(2)9-8-10-17(20)3/h12-17H,4-11H2,1-3H3. The van der Waals surface area contributed by atoms with Crippen LogP contribution in [0.25, 0.3) is 0 Å². The van der Waals surface area contributed by atoms with Gasteiger partial charge in [0.05, 0.1) is 5.56 Å². The minimum Gasteiger partial charge on any atom is -0.292 e. The van der Waals surface area contributed by atoms with Crippen molar-refractivity contribution in [3.05, 3.63) is 41.5 Å². The summed E-state index contributed by atoms with van der Waals surface area (Å²) in [5, 5.41) is 0. The molecule has 3 heteroatoms. The molecule has 0 amide bonds. The van der Waals surface area contributed by atoms with Crippen molar-refractivity contribution >= 4 is 5.97 Å². The van der Waals surface area contributed by atoms with Gasteiger partial charge >= 0.3 is 5.97 Å². The van der Waals surface area contributed by atoms with Crippen LogP contribution in [-0.4, -0.2) is 5.97 Å². The molecule has 0 heterocycles. The molecule has 3 nitrogen and oxygen atoms in total. The summed E-state index contributed by atoms with van der Waals surface area (Å²) in [5.74, 6) is 0.295. The van der Waals surface area contributed by atoms with E-state index in [1.807, 2.05) is 24.3 Å². The van der Waals surface area contributed by atoms with Crippen LogP contribution in [0.15, 0.2) is 24.3 Å². The van der Waals surface area contributed by atoms with Gasteiger partial charge in [-0.1, -0.05) is 58.6 Å². The van der Waals surface area contributed by atoms with E-state index < -0.39 is 5.97 Å². The number of aryl methyl sites for hydroxylation is 1. The predicted octanol–water partition coefficient (Wildman–Crippen LogP) is 5.89. The van der Waals surface area contributed by atoms with E-state index in [9.17, 15) is 4.79 Å². The summed E-state index contributed by atoms with van der Waals surface area (Å²) in [7, 11) is 0. The summed E-state index contributed by atoms with van der Waals surface area (Å²) < 4.78 is 0. The average Bonchev–Trinajstić information content (AvgIpc) is 2.58. The lowest BCUT2D eigenvalue weighted by atomic mass is 9.81. The van der Waals surface area contributed by atoms with Crippen molar-refractivity contribution < 1.29 is 14.6 Å². The molecule has 1 aliphatic carbocycles. The number of hydrogen-bond donors (Lipinski definition) is 0. The summed E-state index contributed by atoms with van der Waals surface area (Å²) in [5.41, 5.74) is 1.82. The van der Waals surface area contributed by atoms with Crippen molar-refractivity contribution in [2.24, 2.45) is 11.8 Å². The van der Waals surface area contributed by atoms with Crippen LogP contribution in [0.5, 0.6) is 0 Å². The summed E-state index contributed by atoms with van der Waals surface area (Å²) in [6.45, 7) is 6.48. The predicted molar refractivity (Wildman–Crippen MR) is 96.2 cm³/mol. The average molecular weight is 331 g/mol. The smallest absolute Gasteiger partial charge is 0.292 e. The molecule has 1 aliphatic rings. The molecular weight excluding hydrogens is 300 g/mol. The number of unbranched alkanes of at least 4 members (excludes halogenated alkanes) is 3. The van der Waals surface area contributed by atoms with E-state index in [1.165, 1.54) is 37.7 Å². The number of rotatable bonds is 8. The quantitative estimate of drug-likeness (QED) is 0.339. The molecule has 1 aromatic carbocycles.